The molecule has 0 bridgehead atoms. The molecule has 75 valence electrons. The van der Waals surface area contributed by atoms with E-state index < -0.39 is 0 Å². The molecule has 1 aromatic heterocycles. The number of fused-ring (bicyclic) bond motifs is 1. The Morgan fingerprint density at radius 3 is 2.93 bits per heavy atom. The van der Waals surface area contributed by atoms with Crippen LogP contribution in [-0.4, -0.2) is 6.54 Å². The lowest BCUT2D eigenvalue weighted by molar-refractivity contribution is 0.630. The van der Waals surface area contributed by atoms with Crippen LogP contribution in [0.3, 0.4) is 0 Å². The van der Waals surface area contributed by atoms with Crippen LogP contribution in [0.25, 0.3) is 11.1 Å². The summed E-state index contributed by atoms with van der Waals surface area (Å²) >= 11 is 1.75. The molecule has 2 heterocycles. The molecule has 2 heteroatoms. The highest BCUT2D eigenvalue weighted by molar-refractivity contribution is 7.08. The molecule has 1 aliphatic heterocycles. The minimum atomic E-state index is 0.902. The number of nitrogens with zero attached hydrogens (tertiary/aromatic N) is 1. The van der Waals surface area contributed by atoms with Crippen molar-refractivity contribution in [1.29, 1.82) is 0 Å². The van der Waals surface area contributed by atoms with E-state index in [0.29, 0.717) is 0 Å². The highest BCUT2D eigenvalue weighted by Crippen LogP contribution is 2.26. The second-order valence-corrected chi connectivity index (χ2v) is 4.63. The molecule has 0 unspecified atom stereocenters. The van der Waals surface area contributed by atoms with Gasteiger partial charge in [0.05, 0.1) is 0 Å². The van der Waals surface area contributed by atoms with Gasteiger partial charge in [-0.15, -0.1) is 0 Å². The summed E-state index contributed by atoms with van der Waals surface area (Å²) in [4.78, 5) is 0. The van der Waals surface area contributed by atoms with Crippen LogP contribution in [0.5, 0.6) is 0 Å². The zero-order valence-corrected chi connectivity index (χ0v) is 9.26. The molecule has 0 saturated carbocycles. The van der Waals surface area contributed by atoms with E-state index in [-0.39, 0.29) is 0 Å². The first-order chi connectivity index (χ1) is 7.43. The van der Waals surface area contributed by atoms with Crippen molar-refractivity contribution in [1.82, 2.24) is 5.32 Å². The first-order valence-corrected chi connectivity index (χ1v) is 6.15. The van der Waals surface area contributed by atoms with Crippen LogP contribution >= 0.6 is 11.3 Å². The van der Waals surface area contributed by atoms with Crippen molar-refractivity contribution >= 4 is 11.3 Å². The van der Waals surface area contributed by atoms with E-state index in [2.05, 4.69) is 40.3 Å². The molecular formula is C13H12NS. The third kappa shape index (κ3) is 1.71. The molecule has 1 aromatic carbocycles. The predicted molar refractivity (Wildman–Crippen MR) is 64.2 cm³/mol. The van der Waals surface area contributed by atoms with Crippen LogP contribution in [0.1, 0.15) is 11.1 Å². The van der Waals surface area contributed by atoms with Gasteiger partial charge in [0.1, 0.15) is 0 Å². The molecule has 2 aromatic rings. The molecule has 1 radical (unpaired) electrons. The van der Waals surface area contributed by atoms with E-state index >= 15 is 0 Å². The summed E-state index contributed by atoms with van der Waals surface area (Å²) in [5, 5.41) is 8.75. The van der Waals surface area contributed by atoms with Crippen LogP contribution in [0, 0.1) is 0 Å². The molecule has 0 aliphatic carbocycles. The molecule has 1 aliphatic rings. The summed E-state index contributed by atoms with van der Waals surface area (Å²) < 4.78 is 0. The maximum atomic E-state index is 4.41. The van der Waals surface area contributed by atoms with Gasteiger partial charge in [0.2, 0.25) is 0 Å². The van der Waals surface area contributed by atoms with Crippen molar-refractivity contribution in [2.24, 2.45) is 0 Å². The zero-order chi connectivity index (χ0) is 10.1. The Hall–Kier alpha value is -1.12. The van der Waals surface area contributed by atoms with E-state index in [4.69, 9.17) is 0 Å². The largest absolute Gasteiger partial charge is 0.237 e. The van der Waals surface area contributed by atoms with Crippen LogP contribution in [0.15, 0.2) is 35.0 Å². The molecule has 0 saturated heterocycles. The second kappa shape index (κ2) is 3.80. The monoisotopic (exact) mass is 214 g/mol. The Kier molecular flexibility index (Phi) is 2.31. The van der Waals surface area contributed by atoms with Crippen LogP contribution in [0.4, 0.5) is 0 Å². The average Bonchev–Trinajstić information content (AvgIpc) is 2.82. The Balaban J connectivity index is 2.04. The summed E-state index contributed by atoms with van der Waals surface area (Å²) in [5.74, 6) is 0. The molecule has 0 spiro atoms. The smallest absolute Gasteiger partial charge is 0.0387 e. The van der Waals surface area contributed by atoms with Gasteiger partial charge in [-0.05, 0) is 45.5 Å². The van der Waals surface area contributed by atoms with E-state index in [9.17, 15) is 0 Å². The highest BCUT2D eigenvalue weighted by Gasteiger charge is 2.10. The Bertz CT molecular complexity index is 459. The lowest BCUT2D eigenvalue weighted by Gasteiger charge is -2.16. The fourth-order valence-electron chi connectivity index (χ4n) is 2.02. The SMILES string of the molecule is c1cc(-c2ccc3c(c2)CC[N]C3)cs1. The Morgan fingerprint density at radius 1 is 1.07 bits per heavy atom. The van der Waals surface area contributed by atoms with Crippen molar-refractivity contribution in [2.75, 3.05) is 6.54 Å². The van der Waals surface area contributed by atoms with Gasteiger partial charge >= 0.3 is 0 Å². The molecule has 1 nitrogen and oxygen atoms in total. The van der Waals surface area contributed by atoms with E-state index in [1.807, 2.05) is 0 Å². The van der Waals surface area contributed by atoms with Crippen molar-refractivity contribution in [3.8, 4) is 11.1 Å². The van der Waals surface area contributed by atoms with Gasteiger partial charge in [0.25, 0.3) is 0 Å². The maximum absolute atomic E-state index is 4.41. The number of hydrogen-bond donors (Lipinski definition) is 0. The third-order valence-corrected chi connectivity index (χ3v) is 3.57. The first kappa shape index (κ1) is 9.13. The topological polar surface area (TPSA) is 14.1 Å². The van der Waals surface area contributed by atoms with E-state index in [0.717, 1.165) is 19.5 Å². The van der Waals surface area contributed by atoms with Gasteiger partial charge in [-0.25, -0.2) is 5.32 Å². The second-order valence-electron chi connectivity index (χ2n) is 3.85. The predicted octanol–water partition coefficient (Wildman–Crippen LogP) is 3.08. The molecule has 0 N–H and O–H groups in total. The lowest BCUT2D eigenvalue weighted by Crippen LogP contribution is -2.17. The van der Waals surface area contributed by atoms with Crippen molar-refractivity contribution < 1.29 is 0 Å². The van der Waals surface area contributed by atoms with Crippen molar-refractivity contribution in [3.05, 3.63) is 46.2 Å². The Morgan fingerprint density at radius 2 is 2.07 bits per heavy atom. The molecule has 15 heavy (non-hydrogen) atoms. The summed E-state index contributed by atoms with van der Waals surface area (Å²) in [6.07, 6.45) is 1.10. The Labute approximate surface area is 93.8 Å². The fourth-order valence-corrected chi connectivity index (χ4v) is 2.69. The van der Waals surface area contributed by atoms with Crippen LogP contribution in [-0.2, 0) is 13.0 Å². The fraction of sp³-hybridized carbons (Fsp3) is 0.231. The standard InChI is InChI=1S/C13H12NS/c1-2-12-8-14-5-3-11(12)7-10(1)13-4-6-15-9-13/h1-2,4,6-7,9H,3,5,8H2. The normalized spacial score (nSPS) is 14.9. The summed E-state index contributed by atoms with van der Waals surface area (Å²) in [7, 11) is 0. The number of rotatable bonds is 1. The number of benzene rings is 1. The zero-order valence-electron chi connectivity index (χ0n) is 8.44. The minimum absolute atomic E-state index is 0.902. The van der Waals surface area contributed by atoms with Gasteiger partial charge in [0.15, 0.2) is 0 Å². The van der Waals surface area contributed by atoms with Gasteiger partial charge in [0, 0.05) is 13.1 Å². The minimum Gasteiger partial charge on any atom is -0.237 e. The molecule has 0 atom stereocenters. The summed E-state index contributed by atoms with van der Waals surface area (Å²) in [6, 6.07) is 8.94. The molecule has 3 rings (SSSR count). The summed E-state index contributed by atoms with van der Waals surface area (Å²) in [6.45, 7) is 1.89. The van der Waals surface area contributed by atoms with Gasteiger partial charge in [-0.1, -0.05) is 18.2 Å². The molecule has 0 amide bonds. The molecule has 0 fully saturated rings. The van der Waals surface area contributed by atoms with E-state index in [1.165, 1.54) is 22.3 Å². The highest BCUT2D eigenvalue weighted by atomic mass is 32.1. The molecular weight excluding hydrogens is 202 g/mol. The van der Waals surface area contributed by atoms with Crippen molar-refractivity contribution in [2.45, 2.75) is 13.0 Å². The number of thiophene rings is 1. The number of hydrogen-bond acceptors (Lipinski definition) is 1. The lowest BCUT2D eigenvalue weighted by atomic mass is 9.96. The van der Waals surface area contributed by atoms with Crippen LogP contribution < -0.4 is 5.32 Å². The maximum Gasteiger partial charge on any atom is 0.0387 e. The van der Waals surface area contributed by atoms with Gasteiger partial charge in [-0.2, -0.15) is 11.3 Å². The third-order valence-electron chi connectivity index (χ3n) is 2.88. The van der Waals surface area contributed by atoms with Crippen molar-refractivity contribution in [3.63, 3.8) is 0 Å². The first-order valence-electron chi connectivity index (χ1n) is 5.21. The van der Waals surface area contributed by atoms with Gasteiger partial charge in [-0.3, -0.25) is 0 Å². The van der Waals surface area contributed by atoms with Gasteiger partial charge < -0.3 is 0 Å². The van der Waals surface area contributed by atoms with E-state index in [1.54, 1.807) is 11.3 Å². The quantitative estimate of drug-likeness (QED) is 0.692. The summed E-state index contributed by atoms with van der Waals surface area (Å²) in [5.41, 5.74) is 5.57. The average molecular weight is 214 g/mol. The van der Waals surface area contributed by atoms with Crippen LogP contribution in [0.2, 0.25) is 0 Å².